The highest BCUT2D eigenvalue weighted by molar-refractivity contribution is 6.18. The van der Waals surface area contributed by atoms with Crippen LogP contribution in [-0.4, -0.2) is 0 Å². The normalized spacial score (nSPS) is 15.2. The van der Waals surface area contributed by atoms with E-state index < -0.39 is 10.8 Å². The van der Waals surface area contributed by atoms with Gasteiger partial charge in [-0.1, -0.05) is 328 Å². The minimum atomic E-state index is -0.990. The lowest BCUT2D eigenvalue weighted by atomic mass is 9.49. The summed E-state index contributed by atoms with van der Waals surface area (Å²) in [6, 6.07) is 148. The van der Waals surface area contributed by atoms with Crippen molar-refractivity contribution in [2.45, 2.75) is 10.8 Å². The van der Waals surface area contributed by atoms with Crippen LogP contribution in [0.4, 0.5) is 34.1 Å². The lowest BCUT2D eigenvalue weighted by molar-refractivity contribution is 0.438. The van der Waals surface area contributed by atoms with Gasteiger partial charge in [-0.15, -0.1) is 0 Å². The molecule has 2 heteroatoms. The minimum Gasteiger partial charge on any atom is -0.310 e. The quantitative estimate of drug-likeness (QED) is 0.133. The van der Waals surface area contributed by atoms with Crippen LogP contribution in [0.2, 0.25) is 0 Å². The second-order valence-corrected chi connectivity index (χ2v) is 28.5. The van der Waals surface area contributed by atoms with Gasteiger partial charge in [0.1, 0.15) is 0 Å². The third kappa shape index (κ3) is 8.22. The van der Waals surface area contributed by atoms with Crippen molar-refractivity contribution in [3.05, 3.63) is 422 Å². The van der Waals surface area contributed by atoms with Crippen molar-refractivity contribution < 1.29 is 0 Å². The van der Waals surface area contributed by atoms with Gasteiger partial charge in [-0.05, 0) is 213 Å². The highest BCUT2D eigenvalue weighted by Crippen LogP contribution is 2.72. The predicted molar refractivity (Wildman–Crippen MR) is 441 cm³/mol. The van der Waals surface area contributed by atoms with Crippen molar-refractivity contribution in [3.63, 3.8) is 0 Å². The summed E-state index contributed by atoms with van der Waals surface area (Å²) in [6.07, 6.45) is 0. The molecule has 482 valence electrons. The Kier molecular flexibility index (Phi) is 12.7. The van der Waals surface area contributed by atoms with Crippen LogP contribution in [0, 0.1) is 0 Å². The van der Waals surface area contributed by atoms with Crippen LogP contribution >= 0.6 is 0 Å². The summed E-state index contributed by atoms with van der Waals surface area (Å²) >= 11 is 0. The Morgan fingerprint density at radius 2 is 0.413 bits per heavy atom. The molecule has 2 nitrogen and oxygen atoms in total. The smallest absolute Gasteiger partial charge is 0.0642 e. The summed E-state index contributed by atoms with van der Waals surface area (Å²) in [5, 5.41) is 24.3. The zero-order valence-corrected chi connectivity index (χ0v) is 56.8. The van der Waals surface area contributed by atoms with Crippen molar-refractivity contribution in [2.24, 2.45) is 0 Å². The zero-order chi connectivity index (χ0) is 68.2. The van der Waals surface area contributed by atoms with Crippen LogP contribution in [0.5, 0.6) is 0 Å². The Bertz CT molecular complexity index is 6350. The summed E-state index contributed by atoms with van der Waals surface area (Å²) in [5.41, 5.74) is 16.9. The molecule has 2 unspecified atom stereocenters. The molecule has 0 aliphatic heterocycles. The maximum absolute atomic E-state index is 2.65. The molecule has 0 N–H and O–H groups in total. The number of hydrogen-bond donors (Lipinski definition) is 0. The number of rotatable bonds is 9. The summed E-state index contributed by atoms with van der Waals surface area (Å²) in [6.45, 7) is 0. The maximum atomic E-state index is 2.65. The van der Waals surface area contributed by atoms with Gasteiger partial charge in [0.15, 0.2) is 0 Å². The molecule has 0 bridgehead atoms. The third-order valence-electron chi connectivity index (χ3n) is 23.5. The topological polar surface area (TPSA) is 6.48 Å². The molecule has 0 aromatic heterocycles. The standard InChI is InChI=1S/C102H64N2/c1-3-27-73(28-4-1)101(93-41-21-19-39-91(93)99-89-37-17-15-35-87(89)97(63-95(99)101)103(75-51-55-83-69(59-75)47-43-65-23-7-11-31-79(65)83)76-52-56-84-70(60-76)48-44-66-24-8-12-32-80(66)84)102(74-29-5-2-6-30-74)94-42-22-20-40-92(94)100-90-38-18-16-36-88(90)98(64-96(100)102)104(77-53-57-85-71(61-77)49-45-67-25-9-13-33-81(67)85)78-54-58-86-72(62-78)50-46-68-26-10-14-34-82(68)86/h1-64H. The molecule has 2 atom stereocenters. The molecule has 20 aromatic rings. The Balaban J connectivity index is 0.885. The third-order valence-corrected chi connectivity index (χ3v) is 23.5. The molecular weight excluding hydrogens is 1250 g/mol. The van der Waals surface area contributed by atoms with Gasteiger partial charge in [0.2, 0.25) is 0 Å². The van der Waals surface area contributed by atoms with Crippen molar-refractivity contribution in [1.29, 1.82) is 0 Å². The minimum absolute atomic E-state index is 0.990. The van der Waals surface area contributed by atoms with Gasteiger partial charge in [0, 0.05) is 33.5 Å². The second-order valence-electron chi connectivity index (χ2n) is 28.5. The first-order valence-corrected chi connectivity index (χ1v) is 36.3. The van der Waals surface area contributed by atoms with Crippen LogP contribution in [0.15, 0.2) is 388 Å². The second kappa shape index (κ2) is 22.6. The van der Waals surface area contributed by atoms with Gasteiger partial charge in [0.25, 0.3) is 0 Å². The fourth-order valence-corrected chi connectivity index (χ4v) is 19.3. The lowest BCUT2D eigenvalue weighted by Gasteiger charge is -2.51. The van der Waals surface area contributed by atoms with Crippen LogP contribution in [0.1, 0.15) is 33.4 Å². The highest BCUT2D eigenvalue weighted by atomic mass is 15.2. The van der Waals surface area contributed by atoms with E-state index in [-0.39, 0.29) is 0 Å². The van der Waals surface area contributed by atoms with Crippen LogP contribution < -0.4 is 9.80 Å². The van der Waals surface area contributed by atoms with Crippen molar-refractivity contribution in [3.8, 4) is 22.3 Å². The van der Waals surface area contributed by atoms with Crippen LogP contribution in [-0.2, 0) is 10.8 Å². The molecule has 20 aromatic carbocycles. The van der Waals surface area contributed by atoms with E-state index in [9.17, 15) is 0 Å². The van der Waals surface area contributed by atoms with Crippen LogP contribution in [0.3, 0.4) is 0 Å². The Hall–Kier alpha value is -13.4. The molecule has 0 fully saturated rings. The van der Waals surface area contributed by atoms with Gasteiger partial charge in [0.05, 0.1) is 22.2 Å². The summed E-state index contributed by atoms with van der Waals surface area (Å²) in [7, 11) is 0. The highest BCUT2D eigenvalue weighted by Gasteiger charge is 2.65. The molecule has 0 amide bonds. The van der Waals surface area contributed by atoms with E-state index in [1.807, 2.05) is 0 Å². The van der Waals surface area contributed by atoms with Crippen molar-refractivity contribution in [1.82, 2.24) is 0 Å². The first kappa shape index (κ1) is 58.4. The van der Waals surface area contributed by atoms with E-state index in [1.165, 1.54) is 163 Å². The van der Waals surface area contributed by atoms with Gasteiger partial charge >= 0.3 is 0 Å². The fourth-order valence-electron chi connectivity index (χ4n) is 19.3. The molecule has 0 saturated carbocycles. The maximum Gasteiger partial charge on any atom is 0.0642 e. The molecule has 104 heavy (non-hydrogen) atoms. The fraction of sp³-hybridized carbons (Fsp3) is 0.0196. The summed E-state index contributed by atoms with van der Waals surface area (Å²) in [4.78, 5) is 5.16. The molecule has 0 heterocycles. The van der Waals surface area contributed by atoms with E-state index in [4.69, 9.17) is 0 Å². The average Bonchev–Trinajstić information content (AvgIpc) is 1.46. The monoisotopic (exact) mass is 1320 g/mol. The molecule has 0 saturated heterocycles. The molecule has 22 rings (SSSR count). The molecular formula is C102H64N2. The number of fused-ring (bicyclic) bond motifs is 22. The van der Waals surface area contributed by atoms with E-state index in [1.54, 1.807) is 0 Å². The van der Waals surface area contributed by atoms with Crippen molar-refractivity contribution >= 4 is 142 Å². The molecule has 0 spiro atoms. The van der Waals surface area contributed by atoms with Crippen LogP contribution in [0.25, 0.3) is 130 Å². The first-order valence-electron chi connectivity index (χ1n) is 36.3. The largest absolute Gasteiger partial charge is 0.310 e. The Labute approximate surface area is 602 Å². The summed E-state index contributed by atoms with van der Waals surface area (Å²) in [5.74, 6) is 0. The van der Waals surface area contributed by atoms with E-state index in [0.717, 1.165) is 34.1 Å². The average molecular weight is 1320 g/mol. The van der Waals surface area contributed by atoms with Gasteiger partial charge in [-0.25, -0.2) is 0 Å². The summed E-state index contributed by atoms with van der Waals surface area (Å²) < 4.78 is 0. The number of anilines is 6. The van der Waals surface area contributed by atoms with Gasteiger partial charge < -0.3 is 9.80 Å². The number of hydrogen-bond acceptors (Lipinski definition) is 2. The number of nitrogens with zero attached hydrogens (tertiary/aromatic N) is 2. The molecule has 2 aliphatic rings. The predicted octanol–water partition coefficient (Wildman–Crippen LogP) is 27.5. The SMILES string of the molecule is c1ccc(C2(C3(c4ccccc4)c4ccccc4-c4c3cc(N(c3ccc5c(ccc6ccccc65)c3)c3ccc5c(ccc6ccccc65)c3)c3ccccc43)c3ccccc3-c3c2cc(N(c2ccc4c(ccc5ccccc54)c2)c2ccc4c(ccc5ccccc54)c2)c2ccccc32)cc1. The lowest BCUT2D eigenvalue weighted by Crippen LogP contribution is -2.50. The van der Waals surface area contributed by atoms with Crippen molar-refractivity contribution in [2.75, 3.05) is 9.80 Å². The van der Waals surface area contributed by atoms with Gasteiger partial charge in [-0.3, -0.25) is 0 Å². The Morgan fingerprint density at radius 3 is 0.740 bits per heavy atom. The van der Waals surface area contributed by atoms with E-state index in [2.05, 4.69) is 398 Å². The van der Waals surface area contributed by atoms with Gasteiger partial charge in [-0.2, -0.15) is 0 Å². The zero-order valence-electron chi connectivity index (χ0n) is 56.8. The van der Waals surface area contributed by atoms with E-state index in [0.29, 0.717) is 0 Å². The number of benzene rings is 20. The first-order chi connectivity index (χ1) is 51.6. The Morgan fingerprint density at radius 1 is 0.163 bits per heavy atom. The molecule has 0 radical (unpaired) electrons. The molecule has 2 aliphatic carbocycles. The van der Waals surface area contributed by atoms with E-state index >= 15 is 0 Å².